The number of nitrogens with one attached hydrogen (secondary N) is 2. The molecule has 22 heavy (non-hydrogen) atoms. The van der Waals surface area contributed by atoms with Crippen LogP contribution in [-0.4, -0.2) is 51.9 Å². The van der Waals surface area contributed by atoms with E-state index in [0.29, 0.717) is 12.8 Å². The third kappa shape index (κ3) is 4.06. The highest BCUT2D eigenvalue weighted by atomic mass is 32.2. The Morgan fingerprint density at radius 3 is 2.64 bits per heavy atom. The van der Waals surface area contributed by atoms with Gasteiger partial charge in [0.15, 0.2) is 0 Å². The molecule has 1 unspecified atom stereocenters. The number of piperazine rings is 1. The maximum absolute atomic E-state index is 12.2. The minimum atomic E-state index is -3.40. The summed E-state index contributed by atoms with van der Waals surface area (Å²) in [6.07, 6.45) is 1.07. The molecule has 1 atom stereocenters. The number of hydrogen-bond donors (Lipinski definition) is 2. The lowest BCUT2D eigenvalue weighted by molar-refractivity contribution is -0.133. The fourth-order valence-corrected chi connectivity index (χ4v) is 3.29. The van der Waals surface area contributed by atoms with Crippen molar-refractivity contribution < 1.29 is 13.2 Å². The first-order valence-electron chi connectivity index (χ1n) is 7.46. The van der Waals surface area contributed by atoms with Crippen molar-refractivity contribution in [3.8, 4) is 0 Å². The molecule has 1 aromatic rings. The van der Waals surface area contributed by atoms with E-state index in [-0.39, 0.29) is 16.8 Å². The van der Waals surface area contributed by atoms with Gasteiger partial charge in [-0.25, -0.2) is 13.1 Å². The van der Waals surface area contributed by atoms with Gasteiger partial charge in [-0.05, 0) is 38.1 Å². The predicted molar refractivity (Wildman–Crippen MR) is 85.1 cm³/mol. The molecule has 2 N–H and O–H groups in total. The normalized spacial score (nSPS) is 19.2. The summed E-state index contributed by atoms with van der Waals surface area (Å²) in [5.41, 5.74) is 0.964. The first kappa shape index (κ1) is 16.9. The van der Waals surface area contributed by atoms with Crippen LogP contribution in [0, 0.1) is 0 Å². The fourth-order valence-electron chi connectivity index (χ4n) is 2.56. The van der Waals surface area contributed by atoms with Crippen molar-refractivity contribution in [2.75, 3.05) is 26.7 Å². The van der Waals surface area contributed by atoms with E-state index in [4.69, 9.17) is 0 Å². The Morgan fingerprint density at radius 2 is 2.05 bits per heavy atom. The van der Waals surface area contributed by atoms with Crippen molar-refractivity contribution in [3.05, 3.63) is 29.8 Å². The number of aryl methyl sites for hydroxylation is 1. The first-order valence-corrected chi connectivity index (χ1v) is 8.95. The largest absolute Gasteiger partial charge is 0.337 e. The summed E-state index contributed by atoms with van der Waals surface area (Å²) < 4.78 is 25.6. The monoisotopic (exact) mass is 325 g/mol. The standard InChI is InChI=1S/C15H23N3O3S/c1-12-11-17-9-10-18(12)15(19)8-5-13-3-6-14(7-4-13)22(20,21)16-2/h3-4,6-7,12,16-17H,5,8-11H2,1-2H3. The lowest BCUT2D eigenvalue weighted by atomic mass is 10.1. The Bertz CT molecular complexity index is 613. The summed E-state index contributed by atoms with van der Waals surface area (Å²) in [5, 5.41) is 3.26. The number of rotatable bonds is 5. The van der Waals surface area contributed by atoms with Gasteiger partial charge in [0.1, 0.15) is 0 Å². The van der Waals surface area contributed by atoms with Gasteiger partial charge in [-0.3, -0.25) is 4.79 Å². The molecule has 0 spiro atoms. The van der Waals surface area contributed by atoms with Gasteiger partial charge in [0.05, 0.1) is 4.90 Å². The van der Waals surface area contributed by atoms with Crippen LogP contribution in [0.2, 0.25) is 0 Å². The van der Waals surface area contributed by atoms with Crippen LogP contribution in [0.1, 0.15) is 18.9 Å². The van der Waals surface area contributed by atoms with Gasteiger partial charge in [0.25, 0.3) is 0 Å². The third-order valence-corrected chi connectivity index (χ3v) is 5.38. The van der Waals surface area contributed by atoms with Crippen LogP contribution >= 0.6 is 0 Å². The molecule has 2 rings (SSSR count). The number of amides is 1. The van der Waals surface area contributed by atoms with E-state index in [1.54, 1.807) is 24.3 Å². The van der Waals surface area contributed by atoms with E-state index in [1.807, 2.05) is 11.8 Å². The van der Waals surface area contributed by atoms with Gasteiger partial charge in [0.2, 0.25) is 15.9 Å². The smallest absolute Gasteiger partial charge is 0.240 e. The zero-order valence-electron chi connectivity index (χ0n) is 13.0. The van der Waals surface area contributed by atoms with Gasteiger partial charge in [-0.2, -0.15) is 0 Å². The predicted octanol–water partition coefficient (Wildman–Crippen LogP) is 0.348. The Labute approximate surface area is 131 Å². The van der Waals surface area contributed by atoms with Crippen molar-refractivity contribution in [2.45, 2.75) is 30.7 Å². The lowest BCUT2D eigenvalue weighted by Gasteiger charge is -2.34. The summed E-state index contributed by atoms with van der Waals surface area (Å²) in [4.78, 5) is 14.4. The van der Waals surface area contributed by atoms with Crippen molar-refractivity contribution in [1.82, 2.24) is 14.9 Å². The Hall–Kier alpha value is -1.44. The topological polar surface area (TPSA) is 78.5 Å². The van der Waals surface area contributed by atoms with E-state index in [2.05, 4.69) is 10.0 Å². The maximum atomic E-state index is 12.2. The van der Waals surface area contributed by atoms with Crippen LogP contribution in [-0.2, 0) is 21.2 Å². The lowest BCUT2D eigenvalue weighted by Crippen LogP contribution is -2.52. The Kier molecular flexibility index (Phi) is 5.55. The van der Waals surface area contributed by atoms with Crippen LogP contribution in [0.25, 0.3) is 0 Å². The third-order valence-electron chi connectivity index (χ3n) is 3.95. The highest BCUT2D eigenvalue weighted by Crippen LogP contribution is 2.13. The molecule has 7 heteroatoms. The van der Waals surface area contributed by atoms with Crippen LogP contribution in [0.15, 0.2) is 29.2 Å². The second-order valence-electron chi connectivity index (χ2n) is 5.49. The van der Waals surface area contributed by atoms with Crippen LogP contribution < -0.4 is 10.0 Å². The minimum absolute atomic E-state index is 0.154. The van der Waals surface area contributed by atoms with Crippen molar-refractivity contribution >= 4 is 15.9 Å². The average molecular weight is 325 g/mol. The van der Waals surface area contributed by atoms with Gasteiger partial charge in [-0.1, -0.05) is 12.1 Å². The quantitative estimate of drug-likeness (QED) is 0.819. The molecule has 0 saturated carbocycles. The van der Waals surface area contributed by atoms with Crippen LogP contribution in [0.5, 0.6) is 0 Å². The summed E-state index contributed by atoms with van der Waals surface area (Å²) in [6, 6.07) is 6.89. The number of carbonyl (C=O) groups is 1. The van der Waals surface area contributed by atoms with Crippen molar-refractivity contribution in [3.63, 3.8) is 0 Å². The second-order valence-corrected chi connectivity index (χ2v) is 7.38. The average Bonchev–Trinajstić information content (AvgIpc) is 2.53. The molecule has 0 bridgehead atoms. The number of carbonyl (C=O) groups excluding carboxylic acids is 1. The van der Waals surface area contributed by atoms with E-state index in [9.17, 15) is 13.2 Å². The van der Waals surface area contributed by atoms with E-state index < -0.39 is 10.0 Å². The molecule has 0 radical (unpaired) electrons. The van der Waals surface area contributed by atoms with Crippen molar-refractivity contribution in [1.29, 1.82) is 0 Å². The van der Waals surface area contributed by atoms with Crippen LogP contribution in [0.3, 0.4) is 0 Å². The molecule has 0 aliphatic carbocycles. The SMILES string of the molecule is CNS(=O)(=O)c1ccc(CCC(=O)N2CCNCC2C)cc1. The Balaban J connectivity index is 1.93. The summed E-state index contributed by atoms with van der Waals surface area (Å²) in [6.45, 7) is 4.47. The van der Waals surface area contributed by atoms with Gasteiger partial charge >= 0.3 is 0 Å². The van der Waals surface area contributed by atoms with Crippen molar-refractivity contribution in [2.24, 2.45) is 0 Å². The summed E-state index contributed by atoms with van der Waals surface area (Å²) in [5.74, 6) is 0.154. The zero-order chi connectivity index (χ0) is 16.2. The molecule has 1 fully saturated rings. The second kappa shape index (κ2) is 7.21. The molecule has 1 saturated heterocycles. The van der Waals surface area contributed by atoms with Crippen LogP contribution in [0.4, 0.5) is 0 Å². The van der Waals surface area contributed by atoms with E-state index in [1.165, 1.54) is 7.05 Å². The molecule has 122 valence electrons. The number of benzene rings is 1. The van der Waals surface area contributed by atoms with Gasteiger partial charge < -0.3 is 10.2 Å². The summed E-state index contributed by atoms with van der Waals surface area (Å²) in [7, 11) is -2.02. The maximum Gasteiger partial charge on any atom is 0.240 e. The molecule has 1 heterocycles. The Morgan fingerprint density at radius 1 is 1.36 bits per heavy atom. The number of hydrogen-bond acceptors (Lipinski definition) is 4. The van der Waals surface area contributed by atoms with E-state index >= 15 is 0 Å². The molecule has 1 aliphatic heterocycles. The molecular formula is C15H23N3O3S. The summed E-state index contributed by atoms with van der Waals surface area (Å²) >= 11 is 0. The number of nitrogens with zero attached hydrogens (tertiary/aromatic N) is 1. The first-order chi connectivity index (χ1) is 10.4. The van der Waals surface area contributed by atoms with Gasteiger partial charge in [0, 0.05) is 32.1 Å². The van der Waals surface area contributed by atoms with Gasteiger partial charge in [-0.15, -0.1) is 0 Å². The number of sulfonamides is 1. The molecule has 0 aromatic heterocycles. The fraction of sp³-hybridized carbons (Fsp3) is 0.533. The molecule has 6 nitrogen and oxygen atoms in total. The molecule has 1 aliphatic rings. The molecular weight excluding hydrogens is 302 g/mol. The highest BCUT2D eigenvalue weighted by molar-refractivity contribution is 7.89. The molecule has 1 amide bonds. The van der Waals surface area contributed by atoms with E-state index in [0.717, 1.165) is 25.2 Å². The zero-order valence-corrected chi connectivity index (χ0v) is 13.8. The highest BCUT2D eigenvalue weighted by Gasteiger charge is 2.22. The molecule has 1 aromatic carbocycles. The minimum Gasteiger partial charge on any atom is -0.337 e.